The van der Waals surface area contributed by atoms with Crippen LogP contribution in [-0.4, -0.2) is 80.4 Å². The number of nitrogens with zero attached hydrogens (tertiary/aromatic N) is 1. The van der Waals surface area contributed by atoms with Gasteiger partial charge in [-0.15, -0.1) is 11.3 Å². The number of alkyl halides is 3. The highest BCUT2D eigenvalue weighted by Crippen LogP contribution is 2.38. The number of carbonyl (C=O) groups excluding carboxylic acids is 4. The summed E-state index contributed by atoms with van der Waals surface area (Å²) in [5.74, 6) is -4.32. The molecule has 2 N–H and O–H groups in total. The summed E-state index contributed by atoms with van der Waals surface area (Å²) in [6.45, 7) is 8.30. The zero-order chi connectivity index (χ0) is 30.7. The van der Waals surface area contributed by atoms with E-state index >= 15 is 0 Å². The molecule has 10 nitrogen and oxygen atoms in total. The standard InChI is InChI=1S/C27H38F3N3O7S/c1-6-9-19(22(34)31-11-8-13-39-16(3)4)40-24(35)17-14-20-18(10-12-33(5)15-17)21(25(36)38-7-2)23(41-20)32-26(37)27(28,29)30/h15-16,19H,6-14H2,1-5H3,(H,31,34)(H,32,37)/b17-15+. The van der Waals surface area contributed by atoms with Crippen molar-refractivity contribution in [2.75, 3.05) is 38.7 Å². The largest absolute Gasteiger partial charge is 0.471 e. The Balaban J connectivity index is 2.29. The molecule has 0 saturated heterocycles. The van der Waals surface area contributed by atoms with Crippen molar-refractivity contribution < 1.29 is 46.6 Å². The number of rotatable bonds is 13. The van der Waals surface area contributed by atoms with E-state index in [0.29, 0.717) is 43.0 Å². The van der Waals surface area contributed by atoms with Gasteiger partial charge in [-0.3, -0.25) is 9.59 Å². The average molecular weight is 606 g/mol. The first-order valence-corrected chi connectivity index (χ1v) is 14.3. The van der Waals surface area contributed by atoms with Crippen LogP contribution in [0, 0.1) is 0 Å². The molecule has 1 aromatic heterocycles. The Hall–Kier alpha value is -3.13. The lowest BCUT2D eigenvalue weighted by atomic mass is 10.0. The second-order valence-corrected chi connectivity index (χ2v) is 10.8. The first-order chi connectivity index (χ1) is 19.3. The number of halogens is 3. The first-order valence-electron chi connectivity index (χ1n) is 13.5. The van der Waals surface area contributed by atoms with Crippen molar-refractivity contribution in [1.82, 2.24) is 10.2 Å². The normalized spacial score (nSPS) is 15.6. The summed E-state index contributed by atoms with van der Waals surface area (Å²) in [5.41, 5.74) is 0.345. The van der Waals surface area contributed by atoms with Crippen LogP contribution in [0.4, 0.5) is 18.2 Å². The lowest BCUT2D eigenvalue weighted by Gasteiger charge is -2.22. The number of ether oxygens (including phenoxy) is 3. The second kappa shape index (κ2) is 15.8. The van der Waals surface area contributed by atoms with Crippen molar-refractivity contribution in [2.24, 2.45) is 0 Å². The fraction of sp³-hybridized carbons (Fsp3) is 0.630. The molecule has 2 heterocycles. The van der Waals surface area contributed by atoms with E-state index < -0.39 is 36.0 Å². The van der Waals surface area contributed by atoms with E-state index in [0.717, 1.165) is 11.3 Å². The number of hydrogen-bond donors (Lipinski definition) is 2. The fourth-order valence-corrected chi connectivity index (χ4v) is 5.24. The highest BCUT2D eigenvalue weighted by molar-refractivity contribution is 7.17. The van der Waals surface area contributed by atoms with Gasteiger partial charge in [0, 0.05) is 44.2 Å². The van der Waals surface area contributed by atoms with Crippen molar-refractivity contribution in [1.29, 1.82) is 0 Å². The summed E-state index contributed by atoms with van der Waals surface area (Å²) in [4.78, 5) is 52.6. The quantitative estimate of drug-likeness (QED) is 0.256. The topological polar surface area (TPSA) is 123 Å². The van der Waals surface area contributed by atoms with Crippen LogP contribution in [0.1, 0.15) is 67.8 Å². The summed E-state index contributed by atoms with van der Waals surface area (Å²) in [7, 11) is 1.69. The molecule has 2 amide bonds. The Bertz CT molecular complexity index is 1120. The molecule has 0 saturated carbocycles. The number of esters is 2. The van der Waals surface area contributed by atoms with Crippen molar-refractivity contribution in [3.63, 3.8) is 0 Å². The van der Waals surface area contributed by atoms with Crippen LogP contribution >= 0.6 is 11.3 Å². The van der Waals surface area contributed by atoms with Crippen LogP contribution in [0.5, 0.6) is 0 Å². The summed E-state index contributed by atoms with van der Waals surface area (Å²) >= 11 is 0.768. The number of hydrogen-bond acceptors (Lipinski definition) is 9. The highest BCUT2D eigenvalue weighted by Gasteiger charge is 2.40. The predicted octanol–water partition coefficient (Wildman–Crippen LogP) is 3.98. The molecule has 0 fully saturated rings. The molecule has 0 radical (unpaired) electrons. The molecule has 0 aliphatic carbocycles. The molecular weight excluding hydrogens is 567 g/mol. The Morgan fingerprint density at radius 3 is 2.46 bits per heavy atom. The van der Waals surface area contributed by atoms with Crippen molar-refractivity contribution in [3.8, 4) is 0 Å². The first kappa shape index (κ1) is 34.1. The van der Waals surface area contributed by atoms with Crippen LogP contribution < -0.4 is 10.6 Å². The molecule has 14 heteroatoms. The van der Waals surface area contributed by atoms with E-state index in [1.807, 2.05) is 20.8 Å². The van der Waals surface area contributed by atoms with Crippen LogP contribution in [0.2, 0.25) is 0 Å². The van der Waals surface area contributed by atoms with E-state index in [9.17, 15) is 32.3 Å². The molecular formula is C27H38F3N3O7S. The van der Waals surface area contributed by atoms with Gasteiger partial charge < -0.3 is 29.7 Å². The smallest absolute Gasteiger partial charge is 0.462 e. The highest BCUT2D eigenvalue weighted by atomic mass is 32.1. The minimum Gasteiger partial charge on any atom is -0.462 e. The van der Waals surface area contributed by atoms with Gasteiger partial charge in [-0.1, -0.05) is 13.3 Å². The number of nitrogens with one attached hydrogen (secondary N) is 2. The van der Waals surface area contributed by atoms with Gasteiger partial charge in [0.2, 0.25) is 0 Å². The van der Waals surface area contributed by atoms with Gasteiger partial charge in [0.1, 0.15) is 5.00 Å². The molecule has 1 aliphatic heterocycles. The summed E-state index contributed by atoms with van der Waals surface area (Å²) in [6.07, 6.45) is -3.00. The molecule has 1 aliphatic rings. The maximum absolute atomic E-state index is 13.3. The minimum atomic E-state index is -5.17. The van der Waals surface area contributed by atoms with Crippen molar-refractivity contribution in [2.45, 2.75) is 78.2 Å². The zero-order valence-electron chi connectivity index (χ0n) is 23.9. The summed E-state index contributed by atoms with van der Waals surface area (Å²) < 4.78 is 55.1. The number of fused-ring (bicyclic) bond motifs is 1. The molecule has 1 unspecified atom stereocenters. The number of thiophene rings is 1. The van der Waals surface area contributed by atoms with E-state index in [1.165, 1.54) is 0 Å². The van der Waals surface area contributed by atoms with Gasteiger partial charge >= 0.3 is 24.0 Å². The van der Waals surface area contributed by atoms with E-state index in [2.05, 4.69) is 5.32 Å². The lowest BCUT2D eigenvalue weighted by Crippen LogP contribution is -2.39. The Morgan fingerprint density at radius 1 is 1.15 bits per heavy atom. The maximum atomic E-state index is 13.3. The van der Waals surface area contributed by atoms with Gasteiger partial charge in [-0.25, -0.2) is 9.59 Å². The van der Waals surface area contributed by atoms with Gasteiger partial charge in [0.25, 0.3) is 5.91 Å². The Labute approximate surface area is 241 Å². The Kier molecular flexibility index (Phi) is 13.1. The monoisotopic (exact) mass is 605 g/mol. The van der Waals surface area contributed by atoms with Crippen molar-refractivity contribution in [3.05, 3.63) is 27.8 Å². The second-order valence-electron chi connectivity index (χ2n) is 9.69. The molecule has 2 rings (SSSR count). The van der Waals surface area contributed by atoms with E-state index in [4.69, 9.17) is 14.2 Å². The maximum Gasteiger partial charge on any atom is 0.471 e. The number of carbonyl (C=O) groups is 4. The molecule has 0 aromatic carbocycles. The van der Waals surface area contributed by atoms with Crippen LogP contribution in [0.3, 0.4) is 0 Å². The van der Waals surface area contributed by atoms with E-state index in [-0.39, 0.29) is 48.1 Å². The average Bonchev–Trinajstić information content (AvgIpc) is 3.20. The van der Waals surface area contributed by atoms with Crippen LogP contribution in [-0.2, 0) is 41.4 Å². The lowest BCUT2D eigenvalue weighted by molar-refractivity contribution is -0.167. The summed E-state index contributed by atoms with van der Waals surface area (Å²) in [5, 5.41) is 4.23. The van der Waals surface area contributed by atoms with Crippen molar-refractivity contribution >= 4 is 40.1 Å². The predicted molar refractivity (Wildman–Crippen MR) is 147 cm³/mol. The molecule has 41 heavy (non-hydrogen) atoms. The fourth-order valence-electron chi connectivity index (χ4n) is 3.99. The number of anilines is 1. The zero-order valence-corrected chi connectivity index (χ0v) is 24.8. The number of amides is 2. The molecule has 0 spiro atoms. The third-order valence-electron chi connectivity index (χ3n) is 5.92. The van der Waals surface area contributed by atoms with Gasteiger partial charge in [-0.2, -0.15) is 13.2 Å². The summed E-state index contributed by atoms with van der Waals surface area (Å²) in [6, 6.07) is 0. The SMILES string of the molecule is CCCC(OC(=O)/C1=C/N(C)CCc2c(sc(NC(=O)C(F)(F)F)c2C(=O)OCC)C1)C(=O)NCCCOC(C)C. The van der Waals surface area contributed by atoms with Gasteiger partial charge in [-0.05, 0) is 45.6 Å². The molecule has 0 bridgehead atoms. The minimum absolute atomic E-state index is 0.0286. The van der Waals surface area contributed by atoms with Gasteiger partial charge in [0.05, 0.1) is 23.8 Å². The molecule has 230 valence electrons. The van der Waals surface area contributed by atoms with Gasteiger partial charge in [0.15, 0.2) is 6.10 Å². The number of likely N-dealkylation sites (N-methyl/N-ethyl adjacent to an activating group) is 1. The third kappa shape index (κ3) is 10.3. The van der Waals surface area contributed by atoms with E-state index in [1.54, 1.807) is 30.4 Å². The molecule has 1 atom stereocenters. The van der Waals surface area contributed by atoms with Crippen LogP contribution in [0.15, 0.2) is 11.8 Å². The Morgan fingerprint density at radius 2 is 1.85 bits per heavy atom. The van der Waals surface area contributed by atoms with Crippen LogP contribution in [0.25, 0.3) is 0 Å². The molecule has 1 aromatic rings. The third-order valence-corrected chi connectivity index (χ3v) is 7.07.